The molecule has 0 atom stereocenters. The van der Waals surface area contributed by atoms with Crippen LogP contribution in [0.15, 0.2) is 53.5 Å². The summed E-state index contributed by atoms with van der Waals surface area (Å²) in [4.78, 5) is 15.6. The van der Waals surface area contributed by atoms with Crippen molar-refractivity contribution in [2.45, 2.75) is 13.1 Å². The first-order valence-corrected chi connectivity index (χ1v) is 8.49. The fourth-order valence-electron chi connectivity index (χ4n) is 2.30. The number of imidazole rings is 1. The van der Waals surface area contributed by atoms with Crippen molar-refractivity contribution in [2.75, 3.05) is 0 Å². The van der Waals surface area contributed by atoms with E-state index in [1.165, 1.54) is 41.4 Å². The summed E-state index contributed by atoms with van der Waals surface area (Å²) < 4.78 is 42.4. The van der Waals surface area contributed by atoms with Gasteiger partial charge in [-0.3, -0.25) is 9.36 Å². The Bertz CT molecular complexity index is 983. The van der Waals surface area contributed by atoms with E-state index in [0.29, 0.717) is 10.1 Å². The van der Waals surface area contributed by atoms with E-state index in [1.807, 2.05) is 0 Å². The maximum Gasteiger partial charge on any atom is 0.319 e. The number of carbonyl (C=O) groups excluding carboxylic acids is 1. The molecule has 3 aromatic rings. The van der Waals surface area contributed by atoms with Crippen LogP contribution in [0.1, 0.15) is 17.9 Å². The third kappa shape index (κ3) is 4.64. The molecule has 1 aromatic carbocycles. The first-order valence-electron chi connectivity index (χ1n) is 7.70. The summed E-state index contributed by atoms with van der Waals surface area (Å²) in [7, 11) is 0. The zero-order valence-corrected chi connectivity index (χ0v) is 15.3. The number of rotatable bonds is 6. The maximum absolute atomic E-state index is 14.2. The first-order chi connectivity index (χ1) is 12.9. The lowest BCUT2D eigenvalue weighted by molar-refractivity contribution is -0.116. The molecular formula is C17H13BrF3N5O. The van der Waals surface area contributed by atoms with Gasteiger partial charge in [0, 0.05) is 24.7 Å². The van der Waals surface area contributed by atoms with Crippen LogP contribution in [-0.2, 0) is 11.3 Å². The number of carbonyl (C=O) groups is 1. The smallest absolute Gasteiger partial charge is 0.319 e. The Kier molecular flexibility index (Phi) is 5.75. The molecule has 0 spiro atoms. The van der Waals surface area contributed by atoms with Crippen molar-refractivity contribution in [1.29, 1.82) is 0 Å². The Hall–Kier alpha value is -2.88. The van der Waals surface area contributed by atoms with Crippen LogP contribution in [0.3, 0.4) is 0 Å². The summed E-state index contributed by atoms with van der Waals surface area (Å²) >= 11 is 3.24. The molecule has 27 heavy (non-hydrogen) atoms. The van der Waals surface area contributed by atoms with E-state index in [9.17, 15) is 18.0 Å². The Morgan fingerprint density at radius 1 is 1.37 bits per heavy atom. The van der Waals surface area contributed by atoms with Crippen LogP contribution in [0, 0.1) is 5.82 Å². The Labute approximate surface area is 160 Å². The number of hydrogen-bond acceptors (Lipinski definition) is 3. The minimum absolute atomic E-state index is 0.0348. The summed E-state index contributed by atoms with van der Waals surface area (Å²) in [5.41, 5.74) is 0.729. The SMILES string of the molecule is O=C(/C=C/c1ccc(-n2cc(Br)cn2)c(F)c1)NCc1nccn1C(F)F. The molecule has 1 N–H and O–H groups in total. The zero-order valence-electron chi connectivity index (χ0n) is 13.7. The lowest BCUT2D eigenvalue weighted by Crippen LogP contribution is -2.22. The van der Waals surface area contributed by atoms with Crippen molar-refractivity contribution in [2.24, 2.45) is 0 Å². The van der Waals surface area contributed by atoms with E-state index in [0.717, 1.165) is 10.7 Å². The fraction of sp³-hybridized carbons (Fsp3) is 0.118. The largest absolute Gasteiger partial charge is 0.345 e. The van der Waals surface area contributed by atoms with E-state index in [1.54, 1.807) is 12.3 Å². The number of nitrogens with one attached hydrogen (secondary N) is 1. The number of nitrogens with zero attached hydrogens (tertiary/aromatic N) is 4. The van der Waals surface area contributed by atoms with Crippen LogP contribution in [0.25, 0.3) is 11.8 Å². The fourth-order valence-corrected chi connectivity index (χ4v) is 2.59. The van der Waals surface area contributed by atoms with Gasteiger partial charge in [0.15, 0.2) is 0 Å². The normalized spacial score (nSPS) is 11.4. The third-order valence-corrected chi connectivity index (χ3v) is 3.99. The molecule has 0 aliphatic heterocycles. The predicted octanol–water partition coefficient (Wildman–Crippen LogP) is 3.70. The lowest BCUT2D eigenvalue weighted by Gasteiger charge is -2.06. The van der Waals surface area contributed by atoms with Gasteiger partial charge in [0.2, 0.25) is 5.91 Å². The van der Waals surface area contributed by atoms with E-state index in [-0.39, 0.29) is 18.1 Å². The van der Waals surface area contributed by atoms with Gasteiger partial charge in [-0.25, -0.2) is 14.1 Å². The molecular weight excluding hydrogens is 427 g/mol. The third-order valence-electron chi connectivity index (χ3n) is 3.58. The van der Waals surface area contributed by atoms with E-state index < -0.39 is 18.3 Å². The van der Waals surface area contributed by atoms with Crippen LogP contribution in [0.4, 0.5) is 13.2 Å². The number of benzene rings is 1. The molecule has 3 rings (SSSR count). The molecule has 2 heterocycles. The molecule has 140 valence electrons. The van der Waals surface area contributed by atoms with E-state index in [2.05, 4.69) is 31.3 Å². The van der Waals surface area contributed by atoms with Crippen LogP contribution in [0.5, 0.6) is 0 Å². The highest BCUT2D eigenvalue weighted by Crippen LogP contribution is 2.18. The van der Waals surface area contributed by atoms with Crippen molar-refractivity contribution in [3.63, 3.8) is 0 Å². The van der Waals surface area contributed by atoms with Crippen LogP contribution in [-0.4, -0.2) is 25.2 Å². The highest BCUT2D eigenvalue weighted by Gasteiger charge is 2.11. The Balaban J connectivity index is 1.62. The van der Waals surface area contributed by atoms with Crippen molar-refractivity contribution >= 4 is 27.9 Å². The second kappa shape index (κ2) is 8.21. The molecule has 6 nitrogen and oxygen atoms in total. The Morgan fingerprint density at radius 3 is 2.85 bits per heavy atom. The van der Waals surface area contributed by atoms with E-state index in [4.69, 9.17) is 0 Å². The highest BCUT2D eigenvalue weighted by atomic mass is 79.9. The summed E-state index contributed by atoms with van der Waals surface area (Å²) in [5.74, 6) is -0.987. The molecule has 0 aliphatic carbocycles. The first kappa shape index (κ1) is 18.9. The van der Waals surface area contributed by atoms with Gasteiger partial charge >= 0.3 is 6.55 Å². The minimum atomic E-state index is -2.73. The topological polar surface area (TPSA) is 64.7 Å². The zero-order chi connectivity index (χ0) is 19.4. The minimum Gasteiger partial charge on any atom is -0.345 e. The summed E-state index contributed by atoms with van der Waals surface area (Å²) in [5, 5.41) is 6.45. The molecule has 10 heteroatoms. The molecule has 0 saturated heterocycles. The van der Waals surface area contributed by atoms with Crippen LogP contribution >= 0.6 is 15.9 Å². The molecule has 0 aliphatic rings. The van der Waals surface area contributed by atoms with Gasteiger partial charge in [0.25, 0.3) is 0 Å². The van der Waals surface area contributed by atoms with Gasteiger partial charge in [0.05, 0.1) is 17.2 Å². The molecule has 0 saturated carbocycles. The summed E-state index contributed by atoms with van der Waals surface area (Å²) in [6.45, 7) is -2.88. The standard InChI is InChI=1S/C17H13BrF3N5O/c18-12-8-24-26(10-12)14-3-1-11(7-13(14)19)2-4-16(27)23-9-15-22-5-6-25(15)17(20)21/h1-8,10,17H,9H2,(H,23,27)/b4-2+. The van der Waals surface area contributed by atoms with Gasteiger partial charge in [-0.15, -0.1) is 0 Å². The second-order valence-electron chi connectivity index (χ2n) is 5.39. The molecule has 0 radical (unpaired) electrons. The monoisotopic (exact) mass is 439 g/mol. The van der Waals surface area contributed by atoms with Gasteiger partial charge in [-0.2, -0.15) is 13.9 Å². The molecule has 0 fully saturated rings. The number of halogens is 4. The predicted molar refractivity (Wildman–Crippen MR) is 95.6 cm³/mol. The van der Waals surface area contributed by atoms with Gasteiger partial charge < -0.3 is 5.32 Å². The van der Waals surface area contributed by atoms with Crippen molar-refractivity contribution in [3.8, 4) is 5.69 Å². The number of aromatic nitrogens is 4. The summed E-state index contributed by atoms with van der Waals surface area (Å²) in [6, 6.07) is 4.42. The molecule has 1 amide bonds. The molecule has 0 unspecified atom stereocenters. The average Bonchev–Trinajstić information content (AvgIpc) is 3.27. The van der Waals surface area contributed by atoms with Crippen molar-refractivity contribution in [3.05, 3.63) is 70.7 Å². The quantitative estimate of drug-likeness (QED) is 0.595. The number of amides is 1. The van der Waals surface area contributed by atoms with Crippen molar-refractivity contribution in [1.82, 2.24) is 24.6 Å². The van der Waals surface area contributed by atoms with Crippen LogP contribution < -0.4 is 5.32 Å². The van der Waals surface area contributed by atoms with Gasteiger partial charge in [-0.05, 0) is 39.7 Å². The highest BCUT2D eigenvalue weighted by molar-refractivity contribution is 9.10. The lowest BCUT2D eigenvalue weighted by atomic mass is 10.2. The van der Waals surface area contributed by atoms with Crippen LogP contribution in [0.2, 0.25) is 0 Å². The van der Waals surface area contributed by atoms with Crippen molar-refractivity contribution < 1.29 is 18.0 Å². The number of hydrogen-bond donors (Lipinski definition) is 1. The number of alkyl halides is 2. The molecule has 0 bridgehead atoms. The summed E-state index contributed by atoms with van der Waals surface area (Å²) in [6.07, 6.45) is 8.12. The van der Waals surface area contributed by atoms with Gasteiger partial charge in [-0.1, -0.05) is 6.07 Å². The van der Waals surface area contributed by atoms with E-state index >= 15 is 0 Å². The average molecular weight is 440 g/mol. The van der Waals surface area contributed by atoms with Gasteiger partial charge in [0.1, 0.15) is 17.3 Å². The second-order valence-corrected chi connectivity index (χ2v) is 6.31. The maximum atomic E-state index is 14.2. The Morgan fingerprint density at radius 2 is 2.19 bits per heavy atom. The molecule has 2 aromatic heterocycles.